The van der Waals surface area contributed by atoms with Gasteiger partial charge in [-0.25, -0.2) is 0 Å². The first-order valence-electron chi connectivity index (χ1n) is 1.38. The summed E-state index contributed by atoms with van der Waals surface area (Å²) in [6.07, 6.45) is 2.98. The summed E-state index contributed by atoms with van der Waals surface area (Å²) < 4.78 is 4.17. The molecule has 0 saturated heterocycles. The SMILES string of the molecule is [O-]C1=C[O+]=C=N1. The van der Waals surface area contributed by atoms with Crippen LogP contribution in [0.5, 0.6) is 0 Å². The smallest absolute Gasteiger partial charge is 0.480 e. The molecule has 0 aromatic rings. The summed E-state index contributed by atoms with van der Waals surface area (Å²) in [5.74, 6) is -0.380. The first-order valence-corrected chi connectivity index (χ1v) is 1.38. The van der Waals surface area contributed by atoms with Crippen LogP contribution in [0.25, 0.3) is 0 Å². The Labute approximate surface area is 33.9 Å². The molecule has 3 heteroatoms. The average Bonchev–Trinajstić information content (AvgIpc) is 1.86. The summed E-state index contributed by atoms with van der Waals surface area (Å²) in [6, 6.07) is 0. The minimum absolute atomic E-state index is 0.380. The molecule has 0 aliphatic carbocycles. The maximum absolute atomic E-state index is 9.83. The standard InChI is InChI=1S/C3HNO2/c5-3-1-6-2-4-3/h1H. The molecule has 0 saturated carbocycles. The van der Waals surface area contributed by atoms with Crippen molar-refractivity contribution in [2.75, 3.05) is 0 Å². The van der Waals surface area contributed by atoms with Crippen LogP contribution in [0.15, 0.2) is 17.1 Å². The van der Waals surface area contributed by atoms with Gasteiger partial charge >= 0.3 is 12.3 Å². The molecule has 0 radical (unpaired) electrons. The first-order chi connectivity index (χ1) is 2.89. The fraction of sp³-hybridized carbons (Fsp3) is 0. The van der Waals surface area contributed by atoms with E-state index in [1.54, 1.807) is 0 Å². The van der Waals surface area contributed by atoms with E-state index in [9.17, 15) is 5.11 Å². The molecule has 30 valence electrons. The summed E-state index contributed by atoms with van der Waals surface area (Å²) in [4.78, 5) is 3.07. The van der Waals surface area contributed by atoms with Gasteiger partial charge in [0.1, 0.15) is 5.88 Å². The number of nitrogens with zero attached hydrogens (tertiary/aromatic N) is 1. The Morgan fingerprint density at radius 1 is 2.00 bits per heavy atom. The van der Waals surface area contributed by atoms with E-state index in [2.05, 4.69) is 9.42 Å². The number of rotatable bonds is 0. The largest absolute Gasteiger partial charge is 0.852 e. The molecule has 6 heavy (non-hydrogen) atoms. The van der Waals surface area contributed by atoms with Crippen LogP contribution in [0, 0.1) is 0 Å². The molecule has 0 atom stereocenters. The second-order valence-electron chi connectivity index (χ2n) is 0.777. The van der Waals surface area contributed by atoms with Crippen molar-refractivity contribution in [3.8, 4) is 0 Å². The first kappa shape index (κ1) is 3.12. The molecule has 1 aliphatic rings. The van der Waals surface area contributed by atoms with Crippen molar-refractivity contribution in [1.82, 2.24) is 0 Å². The number of carbonyl (C=O) groups excluding carboxylic acids is 1. The van der Waals surface area contributed by atoms with Crippen molar-refractivity contribution in [1.29, 1.82) is 0 Å². The predicted octanol–water partition coefficient (Wildman–Crippen LogP) is -0.969. The van der Waals surface area contributed by atoms with Crippen LogP contribution in [0.1, 0.15) is 0 Å². The fourth-order valence-corrected chi connectivity index (χ4v) is 0.174. The summed E-state index contributed by atoms with van der Waals surface area (Å²) in [6.45, 7) is 0. The molecule has 0 N–H and O–H groups in total. The van der Waals surface area contributed by atoms with Gasteiger partial charge in [-0.15, -0.1) is 9.42 Å². The van der Waals surface area contributed by atoms with Crippen molar-refractivity contribution in [3.05, 3.63) is 12.1 Å². The topological polar surface area (TPSA) is 46.7 Å². The Balaban J connectivity index is 2.88. The Kier molecular flexibility index (Phi) is 0.496. The van der Waals surface area contributed by atoms with E-state index in [0.29, 0.717) is 0 Å². The quantitative estimate of drug-likeness (QED) is 0.274. The number of isocyanates is 1. The van der Waals surface area contributed by atoms with Gasteiger partial charge in [0.15, 0.2) is 0 Å². The summed E-state index contributed by atoms with van der Waals surface area (Å²) in [5.41, 5.74) is 0. The van der Waals surface area contributed by atoms with Crippen LogP contribution >= 0.6 is 0 Å². The van der Waals surface area contributed by atoms with E-state index in [1.807, 2.05) is 6.08 Å². The number of hydrogen-bond acceptors (Lipinski definition) is 2. The molecule has 0 spiro atoms. The highest BCUT2D eigenvalue weighted by Crippen LogP contribution is 1.83. The van der Waals surface area contributed by atoms with Crippen molar-refractivity contribution in [2.45, 2.75) is 0 Å². The van der Waals surface area contributed by atoms with Gasteiger partial charge in [0, 0.05) is 0 Å². The van der Waals surface area contributed by atoms with Crippen LogP contribution in [-0.4, -0.2) is 6.08 Å². The van der Waals surface area contributed by atoms with Gasteiger partial charge in [0.05, 0.1) is 0 Å². The van der Waals surface area contributed by atoms with Gasteiger partial charge in [0.2, 0.25) is 0 Å². The Morgan fingerprint density at radius 2 is 2.83 bits per heavy atom. The highest BCUT2D eigenvalue weighted by atomic mass is 16.4. The maximum Gasteiger partial charge on any atom is 0.480 e. The molecular formula is C3HNO2. The van der Waals surface area contributed by atoms with Crippen LogP contribution < -0.4 is 5.11 Å². The molecule has 0 aromatic heterocycles. The van der Waals surface area contributed by atoms with E-state index < -0.39 is 0 Å². The van der Waals surface area contributed by atoms with Gasteiger partial charge in [-0.1, -0.05) is 0 Å². The average molecular weight is 83.0 g/mol. The number of aliphatic imine (C=N–C) groups is 1. The van der Waals surface area contributed by atoms with Crippen LogP contribution in [0.3, 0.4) is 0 Å². The minimum atomic E-state index is -0.380. The zero-order valence-electron chi connectivity index (χ0n) is 2.84. The maximum atomic E-state index is 9.83. The second kappa shape index (κ2) is 0.954. The molecule has 0 aromatic carbocycles. The molecule has 3 nitrogen and oxygen atoms in total. The van der Waals surface area contributed by atoms with Crippen LogP contribution in [-0.2, 0) is 4.42 Å². The summed E-state index contributed by atoms with van der Waals surface area (Å²) >= 11 is 0. The number of hydrogen-bond donors (Lipinski definition) is 0. The third-order valence-electron chi connectivity index (χ3n) is 0.368. The van der Waals surface area contributed by atoms with Gasteiger partial charge in [-0.05, 0) is 0 Å². The normalized spacial score (nSPS) is 15.7. The van der Waals surface area contributed by atoms with Crippen molar-refractivity contribution >= 4 is 6.08 Å². The van der Waals surface area contributed by atoms with Gasteiger partial charge in [0.25, 0.3) is 0 Å². The molecule has 0 unspecified atom stereocenters. The minimum Gasteiger partial charge on any atom is -0.852 e. The molecule has 1 rings (SSSR count). The zero-order chi connectivity index (χ0) is 4.41. The molecule has 0 amide bonds. The lowest BCUT2D eigenvalue weighted by Crippen LogP contribution is -1.96. The van der Waals surface area contributed by atoms with Crippen LogP contribution in [0.4, 0.5) is 0 Å². The lowest BCUT2D eigenvalue weighted by Gasteiger charge is -1.84. The lowest BCUT2D eigenvalue weighted by molar-refractivity contribution is -0.305. The molecule has 1 aliphatic heterocycles. The van der Waals surface area contributed by atoms with Crippen molar-refractivity contribution in [3.63, 3.8) is 0 Å². The van der Waals surface area contributed by atoms with Crippen LogP contribution in [0.2, 0.25) is 0 Å². The molecular weight excluding hydrogens is 82.0 g/mol. The van der Waals surface area contributed by atoms with E-state index in [-0.39, 0.29) is 5.88 Å². The van der Waals surface area contributed by atoms with Crippen molar-refractivity contribution < 1.29 is 9.53 Å². The summed E-state index contributed by atoms with van der Waals surface area (Å²) in [7, 11) is 0. The Hall–Kier alpha value is -1.08. The summed E-state index contributed by atoms with van der Waals surface area (Å²) in [5, 5.41) is 9.83. The highest BCUT2D eigenvalue weighted by Gasteiger charge is 1.89. The van der Waals surface area contributed by atoms with E-state index >= 15 is 0 Å². The second-order valence-corrected chi connectivity index (χ2v) is 0.777. The van der Waals surface area contributed by atoms with E-state index in [0.717, 1.165) is 6.26 Å². The zero-order valence-corrected chi connectivity index (χ0v) is 2.84. The molecule has 0 bridgehead atoms. The monoisotopic (exact) mass is 83.0 g/mol. The lowest BCUT2D eigenvalue weighted by atomic mass is 10.9. The van der Waals surface area contributed by atoms with Crippen molar-refractivity contribution in [2.24, 2.45) is 4.99 Å². The predicted molar refractivity (Wildman–Crippen MR) is 16.2 cm³/mol. The third-order valence-corrected chi connectivity index (χ3v) is 0.368. The third kappa shape index (κ3) is 0.307. The highest BCUT2D eigenvalue weighted by molar-refractivity contribution is 5.39. The fourth-order valence-electron chi connectivity index (χ4n) is 0.174. The van der Waals surface area contributed by atoms with E-state index in [1.165, 1.54) is 0 Å². The van der Waals surface area contributed by atoms with E-state index in [4.69, 9.17) is 0 Å². The Morgan fingerprint density at radius 3 is 3.00 bits per heavy atom. The van der Waals surface area contributed by atoms with Gasteiger partial charge < -0.3 is 5.11 Å². The van der Waals surface area contributed by atoms with Gasteiger partial charge in [-0.3, -0.25) is 0 Å². The molecule has 1 heterocycles. The Bertz CT molecular complexity index is 141. The molecule has 0 fully saturated rings. The van der Waals surface area contributed by atoms with Gasteiger partial charge in [-0.2, -0.15) is 0 Å².